The molecule has 2 N–H and O–H groups in total. The number of carbonyl (C=O) groups excluding carboxylic acids is 2. The number of benzene rings is 2. The van der Waals surface area contributed by atoms with Crippen LogP contribution in [-0.4, -0.2) is 40.0 Å². The molecule has 10 heteroatoms. The maximum Gasteiger partial charge on any atom is 0.337 e. The number of hydrogen-bond donors (Lipinski definition) is 2. The number of methoxy groups -OCH3 is 1. The first-order valence-corrected chi connectivity index (χ1v) is 10.8. The van der Waals surface area contributed by atoms with E-state index in [2.05, 4.69) is 10.6 Å². The molecule has 1 saturated carbocycles. The maximum absolute atomic E-state index is 13.4. The van der Waals surface area contributed by atoms with Crippen LogP contribution in [0.5, 0.6) is 0 Å². The third-order valence-corrected chi connectivity index (χ3v) is 5.98. The number of hydrogen-bond acceptors (Lipinski definition) is 6. The third-order valence-electron chi connectivity index (χ3n) is 5.66. The molecule has 1 amide bonds. The summed E-state index contributed by atoms with van der Waals surface area (Å²) in [5.74, 6) is -0.848. The molecular formula is C23H22N4O5S. The Balaban J connectivity index is 1.70. The van der Waals surface area contributed by atoms with Crippen LogP contribution in [0.25, 0.3) is 0 Å². The van der Waals surface area contributed by atoms with Gasteiger partial charge in [-0.2, -0.15) is 0 Å². The zero-order valence-corrected chi connectivity index (χ0v) is 18.8. The minimum Gasteiger partial charge on any atom is -0.465 e. The molecule has 2 aromatic rings. The summed E-state index contributed by atoms with van der Waals surface area (Å²) in [5.41, 5.74) is 2.52. The van der Waals surface area contributed by atoms with Crippen LogP contribution in [0.2, 0.25) is 0 Å². The van der Waals surface area contributed by atoms with Gasteiger partial charge in [0.25, 0.3) is 11.6 Å². The van der Waals surface area contributed by atoms with E-state index in [-0.39, 0.29) is 11.7 Å². The summed E-state index contributed by atoms with van der Waals surface area (Å²) in [6, 6.07) is 12.2. The van der Waals surface area contributed by atoms with E-state index in [1.807, 2.05) is 11.8 Å². The molecule has 0 aromatic heterocycles. The van der Waals surface area contributed by atoms with Crippen molar-refractivity contribution in [3.63, 3.8) is 0 Å². The van der Waals surface area contributed by atoms with Gasteiger partial charge in [-0.25, -0.2) is 4.79 Å². The van der Waals surface area contributed by atoms with Crippen LogP contribution in [0.4, 0.5) is 11.4 Å². The molecule has 2 aromatic carbocycles. The maximum atomic E-state index is 13.4. The number of esters is 1. The third kappa shape index (κ3) is 4.56. The van der Waals surface area contributed by atoms with Gasteiger partial charge in [-0.3, -0.25) is 14.9 Å². The molecule has 170 valence electrons. The highest BCUT2D eigenvalue weighted by atomic mass is 32.1. The number of nitro benzene ring substituents is 1. The molecule has 1 fully saturated rings. The Hall–Kier alpha value is -3.79. The number of amides is 1. The van der Waals surface area contributed by atoms with Gasteiger partial charge in [0.1, 0.15) is 0 Å². The summed E-state index contributed by atoms with van der Waals surface area (Å²) in [4.78, 5) is 37.8. The van der Waals surface area contributed by atoms with E-state index >= 15 is 0 Å². The monoisotopic (exact) mass is 466 g/mol. The molecule has 2 aliphatic rings. The minimum atomic E-state index is -0.558. The van der Waals surface area contributed by atoms with Crippen molar-refractivity contribution in [3.8, 4) is 0 Å². The zero-order chi connectivity index (χ0) is 23.7. The molecule has 0 bridgehead atoms. The van der Waals surface area contributed by atoms with Gasteiger partial charge in [0.15, 0.2) is 5.11 Å². The zero-order valence-electron chi connectivity index (χ0n) is 18.0. The first-order valence-electron chi connectivity index (χ1n) is 10.3. The molecule has 1 aliphatic carbocycles. The average Bonchev–Trinajstić information content (AvgIpc) is 3.63. The van der Waals surface area contributed by atoms with Gasteiger partial charge >= 0.3 is 5.97 Å². The number of nitro groups is 1. The van der Waals surface area contributed by atoms with E-state index in [0.717, 1.165) is 24.1 Å². The second kappa shape index (κ2) is 8.99. The van der Waals surface area contributed by atoms with E-state index in [9.17, 15) is 19.7 Å². The van der Waals surface area contributed by atoms with Gasteiger partial charge in [0.05, 0.1) is 29.2 Å². The molecule has 1 aliphatic heterocycles. The van der Waals surface area contributed by atoms with Crippen LogP contribution in [0.3, 0.4) is 0 Å². The van der Waals surface area contributed by atoms with Crippen LogP contribution in [-0.2, 0) is 9.53 Å². The first-order chi connectivity index (χ1) is 15.8. The van der Waals surface area contributed by atoms with Crippen molar-refractivity contribution in [1.29, 1.82) is 0 Å². The molecule has 0 spiro atoms. The van der Waals surface area contributed by atoms with Crippen molar-refractivity contribution in [3.05, 3.63) is 81.0 Å². The van der Waals surface area contributed by atoms with Gasteiger partial charge in [0, 0.05) is 29.6 Å². The second-order valence-electron chi connectivity index (χ2n) is 7.86. The molecule has 0 radical (unpaired) electrons. The highest BCUT2D eigenvalue weighted by molar-refractivity contribution is 7.80. The molecule has 1 unspecified atom stereocenters. The topological polar surface area (TPSA) is 114 Å². The molecule has 4 rings (SSSR count). The lowest BCUT2D eigenvalue weighted by Gasteiger charge is -2.38. The van der Waals surface area contributed by atoms with Crippen molar-refractivity contribution >= 4 is 40.6 Å². The van der Waals surface area contributed by atoms with E-state index in [1.54, 1.807) is 30.3 Å². The summed E-state index contributed by atoms with van der Waals surface area (Å²) in [7, 11) is 1.31. The molecule has 1 heterocycles. The Morgan fingerprint density at radius 2 is 1.91 bits per heavy atom. The Kier molecular flexibility index (Phi) is 6.10. The van der Waals surface area contributed by atoms with Crippen molar-refractivity contribution in [2.75, 3.05) is 12.4 Å². The first kappa shape index (κ1) is 22.4. The second-order valence-corrected chi connectivity index (χ2v) is 8.24. The normalized spacial score (nSPS) is 17.9. The minimum absolute atomic E-state index is 0.115. The largest absolute Gasteiger partial charge is 0.465 e. The highest BCUT2D eigenvalue weighted by Gasteiger charge is 2.40. The Labute approximate surface area is 195 Å². The van der Waals surface area contributed by atoms with E-state index in [0.29, 0.717) is 21.9 Å². The Bertz CT molecular complexity index is 1170. The van der Waals surface area contributed by atoms with Gasteiger partial charge < -0.3 is 20.3 Å². The standard InChI is InChI=1S/C23H22N4O5S/c1-13-19(21(28)24-16-4-3-5-18(12-16)27(30)31)20(25-23(33)26(13)17-10-11-17)14-6-8-15(9-7-14)22(29)32-2/h3-9,12,17,20H,10-11H2,1-2H3,(H,24,28)(H,25,33). The van der Waals surface area contributed by atoms with Crippen molar-refractivity contribution in [2.24, 2.45) is 0 Å². The lowest BCUT2D eigenvalue weighted by atomic mass is 9.93. The van der Waals surface area contributed by atoms with Crippen LogP contribution in [0.1, 0.15) is 41.7 Å². The van der Waals surface area contributed by atoms with Gasteiger partial charge in [-0.05, 0) is 55.7 Å². The molecule has 33 heavy (non-hydrogen) atoms. The van der Waals surface area contributed by atoms with Gasteiger partial charge in [-0.1, -0.05) is 18.2 Å². The fraction of sp³-hybridized carbons (Fsp3) is 0.261. The quantitative estimate of drug-likeness (QED) is 0.287. The van der Waals surface area contributed by atoms with E-state index < -0.39 is 22.8 Å². The number of carbonyl (C=O) groups is 2. The van der Waals surface area contributed by atoms with Crippen molar-refractivity contribution < 1.29 is 19.2 Å². The van der Waals surface area contributed by atoms with Crippen molar-refractivity contribution in [1.82, 2.24) is 10.2 Å². The molecule has 0 saturated heterocycles. The molecule has 1 atom stereocenters. The summed E-state index contributed by atoms with van der Waals surface area (Å²) < 4.78 is 4.75. The van der Waals surface area contributed by atoms with Crippen LogP contribution in [0.15, 0.2) is 59.8 Å². The predicted octanol–water partition coefficient (Wildman–Crippen LogP) is 3.69. The van der Waals surface area contributed by atoms with E-state index in [4.69, 9.17) is 17.0 Å². The van der Waals surface area contributed by atoms with Crippen LogP contribution >= 0.6 is 12.2 Å². The number of anilines is 1. The smallest absolute Gasteiger partial charge is 0.337 e. The van der Waals surface area contributed by atoms with Crippen LogP contribution < -0.4 is 10.6 Å². The summed E-state index contributed by atoms with van der Waals surface area (Å²) in [6.07, 6.45) is 1.97. The van der Waals surface area contributed by atoms with Gasteiger partial charge in [0.2, 0.25) is 0 Å². The molecule has 9 nitrogen and oxygen atoms in total. The number of non-ortho nitro benzene ring substituents is 1. The summed E-state index contributed by atoms with van der Waals surface area (Å²) in [5, 5.41) is 17.7. The average molecular weight is 467 g/mol. The number of thiocarbonyl (C=S) groups is 1. The number of nitrogens with zero attached hydrogens (tertiary/aromatic N) is 2. The number of nitrogens with one attached hydrogen (secondary N) is 2. The number of allylic oxidation sites excluding steroid dienone is 1. The number of ether oxygens (including phenoxy) is 1. The van der Waals surface area contributed by atoms with Crippen LogP contribution in [0, 0.1) is 10.1 Å². The highest BCUT2D eigenvalue weighted by Crippen LogP contribution is 2.38. The fourth-order valence-corrected chi connectivity index (χ4v) is 4.30. The molecular weight excluding hydrogens is 444 g/mol. The fourth-order valence-electron chi connectivity index (χ4n) is 3.90. The Morgan fingerprint density at radius 3 is 2.52 bits per heavy atom. The Morgan fingerprint density at radius 1 is 1.21 bits per heavy atom. The van der Waals surface area contributed by atoms with Crippen molar-refractivity contribution in [2.45, 2.75) is 31.8 Å². The SMILES string of the molecule is COC(=O)c1ccc(C2NC(=S)N(C3CC3)C(C)=C2C(=O)Nc2cccc([N+](=O)[O-])c2)cc1. The predicted molar refractivity (Wildman–Crippen MR) is 126 cm³/mol. The number of rotatable bonds is 6. The van der Waals surface area contributed by atoms with Gasteiger partial charge in [-0.15, -0.1) is 0 Å². The lowest BCUT2D eigenvalue weighted by molar-refractivity contribution is -0.384. The summed E-state index contributed by atoms with van der Waals surface area (Å²) >= 11 is 5.60. The van der Waals surface area contributed by atoms with E-state index in [1.165, 1.54) is 25.3 Å². The summed E-state index contributed by atoms with van der Waals surface area (Å²) in [6.45, 7) is 1.85. The lowest BCUT2D eigenvalue weighted by Crippen LogP contribution is -2.49.